The molecule has 0 aliphatic rings. The maximum atomic E-state index is 11.5. The van der Waals surface area contributed by atoms with Gasteiger partial charge in [-0.2, -0.15) is 0 Å². The lowest BCUT2D eigenvalue weighted by atomic mass is 10.1. The lowest BCUT2D eigenvalue weighted by Gasteiger charge is -2.22. The fourth-order valence-electron chi connectivity index (χ4n) is 1.14. The first-order valence-corrected chi connectivity index (χ1v) is 6.19. The number of esters is 1. The molecule has 19 heavy (non-hydrogen) atoms. The molecule has 0 bridgehead atoms. The lowest BCUT2D eigenvalue weighted by molar-refractivity contribution is -0.144. The van der Waals surface area contributed by atoms with Gasteiger partial charge in [-0.15, -0.1) is 0 Å². The number of alkyl halides is 1. The normalized spacial score (nSPS) is 12.4. The fourth-order valence-corrected chi connectivity index (χ4v) is 1.25. The Labute approximate surface area is 116 Å². The molecule has 0 aromatic rings. The average Bonchev–Trinajstić information content (AvgIpc) is 2.21. The van der Waals surface area contributed by atoms with Gasteiger partial charge in [0.05, 0.1) is 0 Å². The molecule has 3 N–H and O–H groups in total. The van der Waals surface area contributed by atoms with Crippen molar-refractivity contribution >= 4 is 29.6 Å². The van der Waals surface area contributed by atoms with Crippen molar-refractivity contribution in [2.75, 3.05) is 6.07 Å². The molecule has 0 aliphatic heterocycles. The summed E-state index contributed by atoms with van der Waals surface area (Å²) in [5.41, 5.74) is 4.29. The van der Waals surface area contributed by atoms with E-state index in [2.05, 4.69) is 10.1 Å². The molecule has 110 valence electrons. The first kappa shape index (κ1) is 17.5. The van der Waals surface area contributed by atoms with Crippen LogP contribution in [-0.4, -0.2) is 35.7 Å². The van der Waals surface area contributed by atoms with E-state index in [9.17, 15) is 14.4 Å². The highest BCUT2D eigenvalue weighted by Gasteiger charge is 2.25. The number of primary amides is 1. The third kappa shape index (κ3) is 9.12. The zero-order valence-corrected chi connectivity index (χ0v) is 12.0. The number of hydrogen-bond acceptors (Lipinski definition) is 5. The van der Waals surface area contributed by atoms with Crippen molar-refractivity contribution in [3.63, 3.8) is 0 Å². The van der Waals surface area contributed by atoms with Crippen molar-refractivity contribution in [1.82, 2.24) is 5.32 Å². The van der Waals surface area contributed by atoms with E-state index in [1.54, 1.807) is 20.8 Å². The van der Waals surface area contributed by atoms with Gasteiger partial charge in [0.25, 0.3) is 0 Å². The van der Waals surface area contributed by atoms with Crippen LogP contribution < -0.4 is 11.1 Å². The second kappa shape index (κ2) is 7.83. The highest BCUT2D eigenvalue weighted by Crippen LogP contribution is 2.08. The predicted molar refractivity (Wildman–Crippen MR) is 68.4 cm³/mol. The molecule has 0 saturated carbocycles. The maximum absolute atomic E-state index is 11.5. The number of rotatable bonds is 6. The summed E-state index contributed by atoms with van der Waals surface area (Å²) < 4.78 is 9.57. The quantitative estimate of drug-likeness (QED) is 0.558. The Morgan fingerprint density at radius 3 is 2.32 bits per heavy atom. The third-order valence-corrected chi connectivity index (χ3v) is 1.96. The van der Waals surface area contributed by atoms with Crippen LogP contribution in [0.3, 0.4) is 0 Å². The Kier molecular flexibility index (Phi) is 7.21. The molecular formula is C11H19ClN2O5. The van der Waals surface area contributed by atoms with Crippen LogP contribution in [-0.2, 0) is 19.1 Å². The van der Waals surface area contributed by atoms with Crippen LogP contribution in [0.4, 0.5) is 4.79 Å². The monoisotopic (exact) mass is 294 g/mol. The topological polar surface area (TPSA) is 108 Å². The summed E-state index contributed by atoms with van der Waals surface area (Å²) in [6, 6.07) is -1.37. The van der Waals surface area contributed by atoms with Crippen molar-refractivity contribution in [3.05, 3.63) is 0 Å². The van der Waals surface area contributed by atoms with E-state index in [-0.39, 0.29) is 18.9 Å². The lowest BCUT2D eigenvalue weighted by Crippen LogP contribution is -2.44. The summed E-state index contributed by atoms with van der Waals surface area (Å²) >= 11 is 5.27. The van der Waals surface area contributed by atoms with Gasteiger partial charge < -0.3 is 20.5 Å². The van der Waals surface area contributed by atoms with Crippen LogP contribution >= 0.6 is 11.6 Å². The number of carbonyl (C=O) groups excluding carboxylic acids is 3. The van der Waals surface area contributed by atoms with Crippen molar-refractivity contribution in [2.24, 2.45) is 5.73 Å². The van der Waals surface area contributed by atoms with Gasteiger partial charge in [0.1, 0.15) is 11.6 Å². The van der Waals surface area contributed by atoms with E-state index in [4.69, 9.17) is 22.1 Å². The Morgan fingerprint density at radius 1 is 1.32 bits per heavy atom. The van der Waals surface area contributed by atoms with E-state index in [0.29, 0.717) is 0 Å². The summed E-state index contributed by atoms with van der Waals surface area (Å²) in [5, 5.41) is 2.31. The van der Waals surface area contributed by atoms with Crippen molar-refractivity contribution in [1.29, 1.82) is 0 Å². The smallest absolute Gasteiger partial charge is 0.408 e. The van der Waals surface area contributed by atoms with E-state index < -0.39 is 29.6 Å². The number of hydrogen-bond donors (Lipinski definition) is 2. The Hall–Kier alpha value is -1.50. The van der Waals surface area contributed by atoms with Crippen molar-refractivity contribution < 1.29 is 23.9 Å². The molecule has 0 aromatic heterocycles. The van der Waals surface area contributed by atoms with Crippen LogP contribution in [0.5, 0.6) is 0 Å². The van der Waals surface area contributed by atoms with Crippen molar-refractivity contribution in [2.45, 2.75) is 45.3 Å². The molecule has 0 unspecified atom stereocenters. The van der Waals surface area contributed by atoms with Gasteiger partial charge in [0.15, 0.2) is 6.07 Å². The van der Waals surface area contributed by atoms with Gasteiger partial charge in [-0.1, -0.05) is 11.6 Å². The zero-order chi connectivity index (χ0) is 15.1. The molecule has 0 rings (SSSR count). The Bertz CT molecular complexity index is 340. The Balaban J connectivity index is 4.52. The van der Waals surface area contributed by atoms with Crippen LogP contribution in [0.25, 0.3) is 0 Å². The third-order valence-electron chi connectivity index (χ3n) is 1.85. The molecule has 0 heterocycles. The summed E-state index contributed by atoms with van der Waals surface area (Å²) in [5.74, 6) is -1.34. The SMILES string of the molecule is CC(C)(C)OC(=O)N[C@H](CCC(N)=O)C(=O)OCCl. The molecule has 2 amide bonds. The minimum Gasteiger partial charge on any atom is -0.448 e. The summed E-state index contributed by atoms with van der Waals surface area (Å²) in [4.78, 5) is 33.8. The molecule has 0 aromatic carbocycles. The largest absolute Gasteiger partial charge is 0.448 e. The van der Waals surface area contributed by atoms with Gasteiger partial charge in [0, 0.05) is 6.42 Å². The molecule has 7 nitrogen and oxygen atoms in total. The van der Waals surface area contributed by atoms with E-state index >= 15 is 0 Å². The summed E-state index contributed by atoms with van der Waals surface area (Å²) in [6.07, 6.45) is -0.837. The fraction of sp³-hybridized carbons (Fsp3) is 0.727. The molecule has 0 fully saturated rings. The molecule has 0 aliphatic carbocycles. The van der Waals surface area contributed by atoms with E-state index in [1.807, 2.05) is 0 Å². The second-order valence-electron chi connectivity index (χ2n) is 4.78. The van der Waals surface area contributed by atoms with Crippen LogP contribution in [0.1, 0.15) is 33.6 Å². The minimum absolute atomic E-state index is 0.0182. The van der Waals surface area contributed by atoms with E-state index in [0.717, 1.165) is 0 Å². The van der Waals surface area contributed by atoms with Crippen molar-refractivity contribution in [3.8, 4) is 0 Å². The van der Waals surface area contributed by atoms with E-state index in [1.165, 1.54) is 0 Å². The van der Waals surface area contributed by atoms with Crippen LogP contribution in [0.15, 0.2) is 0 Å². The second-order valence-corrected chi connectivity index (χ2v) is 4.99. The van der Waals surface area contributed by atoms with Gasteiger partial charge >= 0.3 is 12.1 Å². The summed E-state index contributed by atoms with van der Waals surface area (Å²) in [6.45, 7) is 5.05. The number of nitrogens with two attached hydrogens (primary N) is 1. The zero-order valence-electron chi connectivity index (χ0n) is 11.2. The van der Waals surface area contributed by atoms with Gasteiger partial charge in [-0.05, 0) is 27.2 Å². The van der Waals surface area contributed by atoms with Gasteiger partial charge in [0.2, 0.25) is 5.91 Å². The number of carbonyl (C=O) groups is 3. The van der Waals surface area contributed by atoms with Crippen LogP contribution in [0.2, 0.25) is 0 Å². The first-order valence-electron chi connectivity index (χ1n) is 5.66. The molecule has 8 heteroatoms. The number of amides is 2. The highest BCUT2D eigenvalue weighted by molar-refractivity contribution is 6.17. The van der Waals surface area contributed by atoms with Gasteiger partial charge in [-0.3, -0.25) is 4.79 Å². The summed E-state index contributed by atoms with van der Waals surface area (Å²) in [7, 11) is 0. The number of nitrogens with one attached hydrogen (secondary N) is 1. The molecule has 1 atom stereocenters. The Morgan fingerprint density at radius 2 is 1.89 bits per heavy atom. The molecule has 0 saturated heterocycles. The van der Waals surface area contributed by atoms with Gasteiger partial charge in [-0.25, -0.2) is 9.59 Å². The van der Waals surface area contributed by atoms with Crippen LogP contribution in [0, 0.1) is 0 Å². The molecule has 0 radical (unpaired) electrons. The minimum atomic E-state index is -1.03. The number of halogens is 1. The predicted octanol–water partition coefficient (Wildman–Crippen LogP) is 0.885. The molecular weight excluding hydrogens is 276 g/mol. The number of alkyl carbamates (subject to hydrolysis) is 1. The standard InChI is InChI=1S/C11H19ClN2O5/c1-11(2,3)19-10(17)14-7(4-5-8(13)15)9(16)18-6-12/h7H,4-6H2,1-3H3,(H2,13,15)(H,14,17)/t7-/m1/s1. The first-order chi connectivity index (χ1) is 8.65. The average molecular weight is 295 g/mol. The molecule has 0 spiro atoms. The maximum Gasteiger partial charge on any atom is 0.408 e. The number of ether oxygens (including phenoxy) is 2. The highest BCUT2D eigenvalue weighted by atomic mass is 35.5.